The van der Waals surface area contributed by atoms with Crippen LogP contribution >= 0.6 is 33.3 Å². The molecule has 3 saturated heterocycles. The molecule has 0 bridgehead atoms. The summed E-state index contributed by atoms with van der Waals surface area (Å²) in [6.07, 6.45) is 5.80. The van der Waals surface area contributed by atoms with Gasteiger partial charge in [0, 0.05) is 72.9 Å². The smallest absolute Gasteiger partial charge is 0.334 e. The fourth-order valence-corrected chi connectivity index (χ4v) is 12.1. The number of nitrogens with one attached hydrogen (secondary N) is 7. The van der Waals surface area contributed by atoms with Gasteiger partial charge in [0.05, 0.1) is 24.9 Å². The van der Waals surface area contributed by atoms with E-state index in [0.29, 0.717) is 62.6 Å². The van der Waals surface area contributed by atoms with Crippen LogP contribution in [0.1, 0.15) is 120 Å². The average molecular weight is 1160 g/mol. The summed E-state index contributed by atoms with van der Waals surface area (Å²) in [7, 11) is -2.72. The van der Waals surface area contributed by atoms with Crippen LogP contribution in [-0.4, -0.2) is 143 Å². The number of amides is 9. The molecule has 0 aliphatic carbocycles. The minimum atomic E-state index is -5.13. The van der Waals surface area contributed by atoms with Gasteiger partial charge >= 0.3 is 12.0 Å². The molecule has 0 radical (unpaired) electrons. The standard InChI is InChI=1S/C44H61F4N11O13S4/c45-35-34(36(46)38(48)40(37(35)47)57-58-49)42(66)52-19-9-2-4-15-31(62)54-25(41(65)53-20-22-75-74-21-16-33(64)72-59-32(63)23-28(43(59)67)76(69,70)71)11-7-10-18-51-29(60)13-3-1-8-17-50-30(61)14-6-5-12-27-39-26(24-73-27)55-44(68)56-39/h25-28,39H,1-24H2,(H,50,61)(H,51,60)(H,52,66)(H,53,65)(H,54,62)(H2,55,56,68)(H,69,70,71)/p-1. The highest BCUT2D eigenvalue weighted by Crippen LogP contribution is 2.34. The second kappa shape index (κ2) is 32.2. The van der Waals surface area contributed by atoms with Crippen molar-refractivity contribution in [3.8, 4) is 0 Å². The van der Waals surface area contributed by atoms with Crippen LogP contribution in [0.4, 0.5) is 28.0 Å². The second-order valence-electron chi connectivity index (χ2n) is 17.6. The molecule has 5 unspecified atom stereocenters. The Bertz CT molecular complexity index is 2420. The summed E-state index contributed by atoms with van der Waals surface area (Å²) in [6, 6.07) is -0.797. The highest BCUT2D eigenvalue weighted by atomic mass is 33.1. The van der Waals surface area contributed by atoms with E-state index in [-0.39, 0.29) is 92.4 Å². The Balaban J connectivity index is 1.11. The first kappa shape index (κ1) is 63.0. The lowest BCUT2D eigenvalue weighted by molar-refractivity contribution is -0.197. The maximum absolute atomic E-state index is 14.3. The van der Waals surface area contributed by atoms with E-state index in [1.807, 2.05) is 11.8 Å². The molecule has 0 saturated carbocycles. The Morgan fingerprint density at radius 2 is 1.36 bits per heavy atom. The number of carbonyl (C=O) groups is 9. The van der Waals surface area contributed by atoms with Crippen LogP contribution in [-0.2, 0) is 48.5 Å². The summed E-state index contributed by atoms with van der Waals surface area (Å²) in [5.41, 5.74) is 5.28. The number of thioether (sulfide) groups is 1. The monoisotopic (exact) mass is 1150 g/mol. The van der Waals surface area contributed by atoms with Crippen molar-refractivity contribution in [2.75, 3.05) is 43.4 Å². The number of carbonyl (C=O) groups excluding carboxylic acids is 9. The van der Waals surface area contributed by atoms with E-state index in [9.17, 15) is 73.7 Å². The molecule has 5 atom stereocenters. The normalized spacial score (nSPS) is 18.2. The lowest BCUT2D eigenvalue weighted by Gasteiger charge is -2.19. The summed E-state index contributed by atoms with van der Waals surface area (Å²) >= 11 is 1.84. The van der Waals surface area contributed by atoms with Crippen LogP contribution < -0.4 is 37.2 Å². The first-order chi connectivity index (χ1) is 36.2. The van der Waals surface area contributed by atoms with Crippen molar-refractivity contribution in [1.29, 1.82) is 0 Å². The Morgan fingerprint density at radius 3 is 1.97 bits per heavy atom. The molecule has 9 amide bonds. The SMILES string of the molecule is [N-]=[N+]=Nc1c(F)c(F)c(C(=O)NCCCCCC(=O)NC(CCCCNC(=O)CCCCCNC(=O)CCCCC2SCC3NC(=O)NC32)C(=O)NCCSSCCC(=O)ON2C(=O)CC(S(=O)(=O)[O-])C2=O)c(F)c1F. The van der Waals surface area contributed by atoms with Crippen LogP contribution in [0, 0.1) is 23.3 Å². The molecule has 1 aromatic carbocycles. The van der Waals surface area contributed by atoms with E-state index in [2.05, 4.69) is 52.1 Å². The number of urea groups is 1. The van der Waals surface area contributed by atoms with E-state index < -0.39 is 97.9 Å². The molecule has 3 aliphatic heterocycles. The molecule has 4 rings (SSSR count). The van der Waals surface area contributed by atoms with Crippen molar-refractivity contribution in [3.05, 3.63) is 39.3 Å². The third-order valence-electron chi connectivity index (χ3n) is 11.9. The van der Waals surface area contributed by atoms with Gasteiger partial charge in [-0.2, -0.15) is 11.8 Å². The van der Waals surface area contributed by atoms with Crippen LogP contribution in [0.5, 0.6) is 0 Å². The zero-order chi connectivity index (χ0) is 55.8. The van der Waals surface area contributed by atoms with E-state index in [4.69, 9.17) is 5.53 Å². The van der Waals surface area contributed by atoms with Gasteiger partial charge in [-0.15, -0.1) is 5.06 Å². The summed E-state index contributed by atoms with van der Waals surface area (Å²) in [5, 5.41) is 19.9. The zero-order valence-corrected chi connectivity index (χ0v) is 44.4. The Kier molecular flexibility index (Phi) is 26.7. The number of azide groups is 1. The first-order valence-corrected chi connectivity index (χ1v) is 29.5. The predicted molar refractivity (Wildman–Crippen MR) is 269 cm³/mol. The molecule has 0 spiro atoms. The van der Waals surface area contributed by atoms with Gasteiger partial charge in [0.15, 0.2) is 23.3 Å². The van der Waals surface area contributed by atoms with Crippen LogP contribution in [0.25, 0.3) is 10.4 Å². The molecular weight excluding hydrogens is 1090 g/mol. The van der Waals surface area contributed by atoms with Gasteiger partial charge < -0.3 is 46.6 Å². The maximum atomic E-state index is 14.3. The molecule has 1 aromatic rings. The molecule has 422 valence electrons. The van der Waals surface area contributed by atoms with Crippen molar-refractivity contribution in [1.82, 2.24) is 42.3 Å². The lowest BCUT2D eigenvalue weighted by atomic mass is 10.0. The molecule has 3 heterocycles. The van der Waals surface area contributed by atoms with E-state index >= 15 is 0 Å². The number of hydrogen-bond donors (Lipinski definition) is 7. The Hall–Kier alpha value is -5.56. The Labute approximate surface area is 447 Å². The number of imide groups is 1. The minimum absolute atomic E-state index is 0.0227. The van der Waals surface area contributed by atoms with Crippen molar-refractivity contribution in [2.45, 2.75) is 138 Å². The van der Waals surface area contributed by atoms with Gasteiger partial charge in [0.1, 0.15) is 32.7 Å². The van der Waals surface area contributed by atoms with Crippen LogP contribution in [0.2, 0.25) is 0 Å². The molecule has 76 heavy (non-hydrogen) atoms. The number of hydrogen-bond acceptors (Lipinski definition) is 17. The zero-order valence-electron chi connectivity index (χ0n) is 41.1. The number of nitrogens with zero attached hydrogens (tertiary/aromatic N) is 4. The van der Waals surface area contributed by atoms with Crippen molar-refractivity contribution < 1.29 is 78.5 Å². The van der Waals surface area contributed by atoms with Gasteiger partial charge in [-0.3, -0.25) is 33.6 Å². The summed E-state index contributed by atoms with van der Waals surface area (Å²) < 4.78 is 90.5. The molecule has 7 N–H and O–H groups in total. The Morgan fingerprint density at radius 1 is 0.763 bits per heavy atom. The molecular formula is C44H60F4N11O13S4-. The fraction of sp³-hybridized carbons (Fsp3) is 0.659. The maximum Gasteiger partial charge on any atom is 0.334 e. The number of rotatable bonds is 35. The molecule has 3 aliphatic rings. The summed E-state index contributed by atoms with van der Waals surface area (Å²) in [4.78, 5) is 118. The van der Waals surface area contributed by atoms with Crippen molar-refractivity contribution >= 4 is 103 Å². The largest absolute Gasteiger partial charge is 0.747 e. The molecule has 24 nitrogen and oxygen atoms in total. The fourth-order valence-electron chi connectivity index (χ4n) is 7.97. The van der Waals surface area contributed by atoms with Gasteiger partial charge in [-0.25, -0.2) is 35.6 Å². The molecule has 3 fully saturated rings. The van der Waals surface area contributed by atoms with Crippen molar-refractivity contribution in [3.63, 3.8) is 0 Å². The number of unbranched alkanes of at least 4 members (excludes halogenated alkanes) is 6. The third kappa shape index (κ3) is 20.4. The minimum Gasteiger partial charge on any atom is -0.747 e. The second-order valence-corrected chi connectivity index (χ2v) is 23.1. The molecule has 0 aromatic heterocycles. The topological polar surface area (TPSA) is 356 Å². The third-order valence-corrected chi connectivity index (χ3v) is 16.9. The van der Waals surface area contributed by atoms with E-state index in [1.54, 1.807) is 0 Å². The van der Waals surface area contributed by atoms with Crippen LogP contribution in [0.15, 0.2) is 5.11 Å². The number of hydroxylamine groups is 2. The van der Waals surface area contributed by atoms with Gasteiger partial charge in [0.2, 0.25) is 23.6 Å². The summed E-state index contributed by atoms with van der Waals surface area (Å²) in [5.74, 6) is -13.2. The summed E-state index contributed by atoms with van der Waals surface area (Å²) in [6.45, 7) is 0.727. The van der Waals surface area contributed by atoms with Gasteiger partial charge in [0.25, 0.3) is 17.7 Å². The first-order valence-electron chi connectivity index (χ1n) is 24.5. The molecule has 32 heteroatoms. The highest BCUT2D eigenvalue weighted by Gasteiger charge is 2.45. The number of fused-ring (bicyclic) bond motifs is 1. The van der Waals surface area contributed by atoms with Gasteiger partial charge in [-0.1, -0.05) is 46.0 Å². The predicted octanol–water partition coefficient (Wildman–Crippen LogP) is 3.67. The quantitative estimate of drug-likeness (QED) is 0.00487. The highest BCUT2D eigenvalue weighted by molar-refractivity contribution is 8.76. The van der Waals surface area contributed by atoms with E-state index in [1.165, 1.54) is 21.6 Å². The van der Waals surface area contributed by atoms with Gasteiger partial charge in [-0.05, 0) is 63.3 Å². The lowest BCUT2D eigenvalue weighted by Crippen LogP contribution is -2.47. The van der Waals surface area contributed by atoms with E-state index in [0.717, 1.165) is 31.4 Å². The number of halogens is 4. The average Bonchev–Trinajstić information content (AvgIpc) is 4.03. The van der Waals surface area contributed by atoms with Crippen LogP contribution in [0.3, 0.4) is 0 Å². The van der Waals surface area contributed by atoms with Crippen molar-refractivity contribution in [2.24, 2.45) is 5.11 Å². The number of benzene rings is 1.